The van der Waals surface area contributed by atoms with Gasteiger partial charge in [0.1, 0.15) is 5.82 Å². The van der Waals surface area contributed by atoms with Crippen molar-refractivity contribution >= 4 is 22.6 Å². The number of hydrogen-bond donors (Lipinski definition) is 2. The van der Waals surface area contributed by atoms with Crippen LogP contribution >= 0.6 is 0 Å². The first-order valence-electron chi connectivity index (χ1n) is 7.83. The van der Waals surface area contributed by atoms with Gasteiger partial charge in [0.15, 0.2) is 0 Å². The van der Waals surface area contributed by atoms with Gasteiger partial charge in [0.25, 0.3) is 11.7 Å². The lowest BCUT2D eigenvalue weighted by atomic mass is 10.1. The zero-order valence-electron chi connectivity index (χ0n) is 12.8. The number of halogens is 1. The molecule has 5 heteroatoms. The highest BCUT2D eigenvalue weighted by molar-refractivity contribution is 6.45. The number of Topliss-reactive ketones (excluding diaryl/α,β-unsaturated/α-hetero) is 1. The lowest BCUT2D eigenvalue weighted by Crippen LogP contribution is -2.33. The second-order valence-corrected chi connectivity index (χ2v) is 5.98. The molecule has 120 valence electrons. The van der Waals surface area contributed by atoms with Crippen LogP contribution in [0.5, 0.6) is 0 Å². The number of fused-ring (bicyclic) bond motifs is 2. The second-order valence-electron chi connectivity index (χ2n) is 5.98. The third-order valence-corrected chi connectivity index (χ3v) is 4.53. The number of carbonyl (C=O) groups excluding carboxylic acids is 2. The number of para-hydroxylation sites is 1. The molecule has 4 rings (SSSR count). The van der Waals surface area contributed by atoms with E-state index in [1.165, 1.54) is 12.1 Å². The van der Waals surface area contributed by atoms with Gasteiger partial charge in [0.2, 0.25) is 0 Å². The molecule has 0 bridgehead atoms. The summed E-state index contributed by atoms with van der Waals surface area (Å²) in [6, 6.07) is 11.6. The SMILES string of the molecule is O=C(NC1CCc2cc(F)ccc21)C(=O)c1c[nH]c2ccccc12. The van der Waals surface area contributed by atoms with Crippen LogP contribution in [0.25, 0.3) is 10.9 Å². The van der Waals surface area contributed by atoms with Crippen molar-refractivity contribution < 1.29 is 14.0 Å². The average Bonchev–Trinajstić information content (AvgIpc) is 3.18. The molecule has 0 saturated heterocycles. The van der Waals surface area contributed by atoms with Crippen LogP contribution in [-0.4, -0.2) is 16.7 Å². The Hall–Kier alpha value is -2.95. The number of aromatic nitrogens is 1. The predicted octanol–water partition coefficient (Wildman–Crippen LogP) is 3.29. The third-order valence-electron chi connectivity index (χ3n) is 4.53. The Bertz CT molecular complexity index is 961. The number of hydrogen-bond acceptors (Lipinski definition) is 2. The molecule has 0 radical (unpaired) electrons. The molecule has 1 aliphatic rings. The van der Waals surface area contributed by atoms with Gasteiger partial charge in [-0.1, -0.05) is 24.3 Å². The minimum absolute atomic E-state index is 0.248. The van der Waals surface area contributed by atoms with E-state index in [9.17, 15) is 14.0 Å². The molecule has 0 spiro atoms. The zero-order valence-corrected chi connectivity index (χ0v) is 12.8. The molecule has 2 N–H and O–H groups in total. The lowest BCUT2D eigenvalue weighted by Gasteiger charge is -2.13. The van der Waals surface area contributed by atoms with Crippen molar-refractivity contribution in [1.82, 2.24) is 10.3 Å². The van der Waals surface area contributed by atoms with Gasteiger partial charge >= 0.3 is 0 Å². The first-order chi connectivity index (χ1) is 11.6. The maximum atomic E-state index is 13.3. The normalized spacial score (nSPS) is 16.1. The highest BCUT2D eigenvalue weighted by atomic mass is 19.1. The lowest BCUT2D eigenvalue weighted by molar-refractivity contribution is -0.117. The van der Waals surface area contributed by atoms with Crippen LogP contribution in [0.2, 0.25) is 0 Å². The molecule has 0 fully saturated rings. The maximum Gasteiger partial charge on any atom is 0.292 e. The minimum Gasteiger partial charge on any atom is -0.360 e. The van der Waals surface area contributed by atoms with Crippen LogP contribution < -0.4 is 5.32 Å². The average molecular weight is 322 g/mol. The summed E-state index contributed by atoms with van der Waals surface area (Å²) in [5.74, 6) is -1.49. The molecule has 24 heavy (non-hydrogen) atoms. The van der Waals surface area contributed by atoms with Gasteiger partial charge in [0.05, 0.1) is 11.6 Å². The van der Waals surface area contributed by atoms with Gasteiger partial charge in [-0.2, -0.15) is 0 Å². The molecular weight excluding hydrogens is 307 g/mol. The molecule has 3 aromatic rings. The number of carbonyl (C=O) groups is 2. The molecular formula is C19H15FN2O2. The second kappa shape index (κ2) is 5.60. The van der Waals surface area contributed by atoms with E-state index in [4.69, 9.17) is 0 Å². The van der Waals surface area contributed by atoms with Crippen LogP contribution in [0.4, 0.5) is 4.39 Å². The largest absolute Gasteiger partial charge is 0.360 e. The van der Waals surface area contributed by atoms with Gasteiger partial charge in [-0.15, -0.1) is 0 Å². The quantitative estimate of drug-likeness (QED) is 0.574. The molecule has 1 heterocycles. The van der Waals surface area contributed by atoms with E-state index >= 15 is 0 Å². The number of H-pyrrole nitrogens is 1. The number of aryl methyl sites for hydroxylation is 1. The monoisotopic (exact) mass is 322 g/mol. The van der Waals surface area contributed by atoms with Gasteiger partial charge in [-0.05, 0) is 42.2 Å². The fraction of sp³-hybridized carbons (Fsp3) is 0.158. The summed E-state index contributed by atoms with van der Waals surface area (Å²) in [5, 5.41) is 3.51. The molecule has 0 aliphatic heterocycles. The number of ketones is 1. The summed E-state index contributed by atoms with van der Waals surface area (Å²) in [6.07, 6.45) is 2.93. The summed E-state index contributed by atoms with van der Waals surface area (Å²) >= 11 is 0. The number of benzene rings is 2. The van der Waals surface area contributed by atoms with E-state index in [1.807, 2.05) is 18.2 Å². The Kier molecular flexibility index (Phi) is 3.41. The topological polar surface area (TPSA) is 62.0 Å². The van der Waals surface area contributed by atoms with E-state index in [0.29, 0.717) is 18.4 Å². The molecule has 1 amide bonds. The fourth-order valence-electron chi connectivity index (χ4n) is 3.34. The summed E-state index contributed by atoms with van der Waals surface area (Å²) < 4.78 is 13.3. The Morgan fingerprint density at radius 1 is 1.17 bits per heavy atom. The van der Waals surface area contributed by atoms with E-state index in [0.717, 1.165) is 22.0 Å². The van der Waals surface area contributed by atoms with Crippen LogP contribution in [0, 0.1) is 5.82 Å². The molecule has 0 saturated carbocycles. The zero-order chi connectivity index (χ0) is 16.7. The van der Waals surface area contributed by atoms with Crippen molar-refractivity contribution in [3.05, 3.63) is 71.2 Å². The highest BCUT2D eigenvalue weighted by Crippen LogP contribution is 2.31. The van der Waals surface area contributed by atoms with Gasteiger partial charge < -0.3 is 10.3 Å². The Labute approximate surface area is 137 Å². The van der Waals surface area contributed by atoms with E-state index in [-0.39, 0.29) is 11.9 Å². The standard InChI is InChI=1S/C19H15FN2O2/c20-12-6-7-13-11(9-12)5-8-17(13)22-19(24)18(23)15-10-21-16-4-2-1-3-14(15)16/h1-4,6-7,9-10,17,21H,5,8H2,(H,22,24). The first kappa shape index (κ1) is 14.6. The smallest absolute Gasteiger partial charge is 0.292 e. The number of nitrogens with one attached hydrogen (secondary N) is 2. The molecule has 1 aliphatic carbocycles. The number of rotatable bonds is 3. The van der Waals surface area contributed by atoms with E-state index in [2.05, 4.69) is 10.3 Å². The third kappa shape index (κ3) is 2.38. The van der Waals surface area contributed by atoms with Crippen LogP contribution in [0.15, 0.2) is 48.7 Å². The van der Waals surface area contributed by atoms with Crippen LogP contribution in [0.3, 0.4) is 0 Å². The Morgan fingerprint density at radius 3 is 2.88 bits per heavy atom. The minimum atomic E-state index is -0.637. The van der Waals surface area contributed by atoms with Crippen molar-refractivity contribution in [2.24, 2.45) is 0 Å². The van der Waals surface area contributed by atoms with Crippen LogP contribution in [0.1, 0.15) is 33.9 Å². The maximum absolute atomic E-state index is 13.3. The van der Waals surface area contributed by atoms with Gasteiger partial charge in [0, 0.05) is 17.1 Å². The predicted molar refractivity (Wildman–Crippen MR) is 88.2 cm³/mol. The summed E-state index contributed by atoms with van der Waals surface area (Å²) in [6.45, 7) is 0. The molecule has 1 unspecified atom stereocenters. The van der Waals surface area contributed by atoms with E-state index < -0.39 is 11.7 Å². The van der Waals surface area contributed by atoms with E-state index in [1.54, 1.807) is 18.3 Å². The Balaban J connectivity index is 1.56. The van der Waals surface area contributed by atoms with Crippen LogP contribution in [-0.2, 0) is 11.2 Å². The van der Waals surface area contributed by atoms with Gasteiger partial charge in [-0.25, -0.2) is 4.39 Å². The summed E-state index contributed by atoms with van der Waals surface area (Å²) in [4.78, 5) is 27.8. The van der Waals surface area contributed by atoms with Crippen molar-refractivity contribution in [2.75, 3.05) is 0 Å². The first-order valence-corrected chi connectivity index (χ1v) is 7.83. The highest BCUT2D eigenvalue weighted by Gasteiger charge is 2.27. The molecule has 4 nitrogen and oxygen atoms in total. The van der Waals surface area contributed by atoms with Crippen molar-refractivity contribution in [2.45, 2.75) is 18.9 Å². The van der Waals surface area contributed by atoms with Crippen molar-refractivity contribution in [3.63, 3.8) is 0 Å². The molecule has 1 aromatic heterocycles. The molecule has 2 aromatic carbocycles. The van der Waals surface area contributed by atoms with Crippen molar-refractivity contribution in [3.8, 4) is 0 Å². The number of aromatic amines is 1. The summed E-state index contributed by atoms with van der Waals surface area (Å²) in [7, 11) is 0. The number of amides is 1. The van der Waals surface area contributed by atoms with Crippen molar-refractivity contribution in [1.29, 1.82) is 0 Å². The fourth-order valence-corrected chi connectivity index (χ4v) is 3.34. The Morgan fingerprint density at radius 2 is 2.00 bits per heavy atom. The molecule has 1 atom stereocenters. The summed E-state index contributed by atoms with van der Waals surface area (Å²) in [5.41, 5.74) is 2.95. The van der Waals surface area contributed by atoms with Gasteiger partial charge in [-0.3, -0.25) is 9.59 Å².